The average molecular weight is 254 g/mol. The van der Waals surface area contributed by atoms with E-state index in [0.717, 1.165) is 18.4 Å². The third-order valence-corrected chi connectivity index (χ3v) is 3.84. The number of thiazole rings is 1. The highest BCUT2D eigenvalue weighted by molar-refractivity contribution is 7.09. The van der Waals surface area contributed by atoms with Crippen LogP contribution in [0.1, 0.15) is 51.1 Å². The van der Waals surface area contributed by atoms with Gasteiger partial charge in [0, 0.05) is 17.5 Å². The van der Waals surface area contributed by atoms with Crippen molar-refractivity contribution in [3.8, 4) is 0 Å². The van der Waals surface area contributed by atoms with Crippen LogP contribution in [0.3, 0.4) is 0 Å². The second kappa shape index (κ2) is 7.12. The molecule has 0 atom stereocenters. The maximum absolute atomic E-state index is 4.29. The molecule has 98 valence electrons. The van der Waals surface area contributed by atoms with Gasteiger partial charge in [-0.05, 0) is 31.6 Å². The van der Waals surface area contributed by atoms with E-state index < -0.39 is 0 Å². The van der Waals surface area contributed by atoms with E-state index in [-0.39, 0.29) is 0 Å². The highest BCUT2D eigenvalue weighted by Gasteiger charge is 2.13. The molecule has 0 spiro atoms. The number of hydrogen-bond donors (Lipinski definition) is 1. The van der Waals surface area contributed by atoms with E-state index in [1.54, 1.807) is 11.3 Å². The summed E-state index contributed by atoms with van der Waals surface area (Å²) < 4.78 is 0. The zero-order valence-corrected chi connectivity index (χ0v) is 12.6. The van der Waals surface area contributed by atoms with Crippen LogP contribution >= 0.6 is 11.3 Å². The molecule has 0 fully saturated rings. The third kappa shape index (κ3) is 5.64. The molecule has 0 bridgehead atoms. The Morgan fingerprint density at radius 3 is 2.18 bits per heavy atom. The van der Waals surface area contributed by atoms with Gasteiger partial charge in [0.2, 0.25) is 0 Å². The molecule has 1 rings (SSSR count). The van der Waals surface area contributed by atoms with Crippen LogP contribution in [0.2, 0.25) is 0 Å². The van der Waals surface area contributed by atoms with Gasteiger partial charge in [0.25, 0.3) is 0 Å². The van der Waals surface area contributed by atoms with Gasteiger partial charge >= 0.3 is 0 Å². The van der Waals surface area contributed by atoms with Crippen LogP contribution < -0.4 is 5.32 Å². The van der Waals surface area contributed by atoms with Crippen LogP contribution in [0, 0.1) is 18.8 Å². The predicted octanol–water partition coefficient (Wildman–Crippen LogP) is 4.00. The van der Waals surface area contributed by atoms with Crippen molar-refractivity contribution in [2.45, 2.75) is 60.0 Å². The maximum atomic E-state index is 4.29. The molecule has 0 saturated heterocycles. The number of aryl methyl sites for hydroxylation is 1. The van der Waals surface area contributed by atoms with Gasteiger partial charge in [0.15, 0.2) is 0 Å². The molecule has 0 aliphatic carbocycles. The van der Waals surface area contributed by atoms with Crippen molar-refractivity contribution in [1.29, 1.82) is 0 Å². The van der Waals surface area contributed by atoms with Crippen molar-refractivity contribution in [3.63, 3.8) is 0 Å². The van der Waals surface area contributed by atoms with Crippen LogP contribution in [0.5, 0.6) is 0 Å². The Morgan fingerprint density at radius 1 is 1.18 bits per heavy atom. The van der Waals surface area contributed by atoms with E-state index in [2.05, 4.69) is 44.9 Å². The topological polar surface area (TPSA) is 24.9 Å². The molecule has 17 heavy (non-hydrogen) atoms. The summed E-state index contributed by atoms with van der Waals surface area (Å²) in [4.78, 5) is 5.67. The summed E-state index contributed by atoms with van der Waals surface area (Å²) in [6, 6.07) is 0.636. The van der Waals surface area contributed by atoms with Gasteiger partial charge in [0.1, 0.15) is 0 Å². The molecule has 0 aliphatic heterocycles. The molecule has 0 saturated carbocycles. The number of aromatic nitrogens is 1. The van der Waals surface area contributed by atoms with Crippen molar-refractivity contribution in [2.75, 3.05) is 0 Å². The van der Waals surface area contributed by atoms with Crippen molar-refractivity contribution in [2.24, 2.45) is 11.8 Å². The lowest BCUT2D eigenvalue weighted by atomic mass is 9.95. The van der Waals surface area contributed by atoms with Crippen molar-refractivity contribution in [3.05, 3.63) is 16.1 Å². The van der Waals surface area contributed by atoms with Gasteiger partial charge in [-0.2, -0.15) is 0 Å². The van der Waals surface area contributed by atoms with Crippen LogP contribution in [0.25, 0.3) is 0 Å². The molecule has 0 amide bonds. The molecule has 0 aromatic carbocycles. The summed E-state index contributed by atoms with van der Waals surface area (Å²) in [7, 11) is 0. The summed E-state index contributed by atoms with van der Waals surface area (Å²) in [5.41, 5.74) is 3.11. The summed E-state index contributed by atoms with van der Waals surface area (Å²) in [5.74, 6) is 1.52. The highest BCUT2D eigenvalue weighted by Crippen LogP contribution is 2.16. The Hall–Kier alpha value is -0.410. The van der Waals surface area contributed by atoms with E-state index in [1.165, 1.54) is 23.4 Å². The average Bonchev–Trinajstić information content (AvgIpc) is 2.59. The van der Waals surface area contributed by atoms with Crippen molar-refractivity contribution < 1.29 is 0 Å². The molecular formula is C14H26N2S. The minimum atomic E-state index is 0.636. The second-order valence-electron chi connectivity index (χ2n) is 5.70. The third-order valence-electron chi connectivity index (χ3n) is 2.91. The van der Waals surface area contributed by atoms with E-state index in [0.29, 0.717) is 6.04 Å². The number of rotatable bonds is 7. The van der Waals surface area contributed by atoms with E-state index in [4.69, 9.17) is 0 Å². The van der Waals surface area contributed by atoms with Crippen LogP contribution in [-0.2, 0) is 6.54 Å². The van der Waals surface area contributed by atoms with Crippen LogP contribution in [0.15, 0.2) is 5.51 Å². The number of hydrogen-bond acceptors (Lipinski definition) is 3. The first-order chi connectivity index (χ1) is 7.99. The molecule has 1 aromatic heterocycles. The summed E-state index contributed by atoms with van der Waals surface area (Å²) >= 11 is 1.76. The lowest BCUT2D eigenvalue weighted by Gasteiger charge is -2.22. The standard InChI is InChI=1S/C14H26N2S/c1-10(2)6-13(7-11(3)4)15-8-14-12(5)16-9-17-14/h9-11,13,15H,6-8H2,1-5H3. The molecule has 0 unspecified atom stereocenters. The SMILES string of the molecule is Cc1ncsc1CNC(CC(C)C)CC(C)C. The fourth-order valence-corrected chi connectivity index (χ4v) is 2.86. The van der Waals surface area contributed by atoms with Crippen LogP contribution in [-0.4, -0.2) is 11.0 Å². The first-order valence-electron chi connectivity index (χ1n) is 6.61. The zero-order valence-electron chi connectivity index (χ0n) is 11.8. The Morgan fingerprint density at radius 2 is 1.76 bits per heavy atom. The van der Waals surface area contributed by atoms with Crippen molar-refractivity contribution >= 4 is 11.3 Å². The number of nitrogens with zero attached hydrogens (tertiary/aromatic N) is 1. The van der Waals surface area contributed by atoms with E-state index in [1.807, 2.05) is 5.51 Å². The Balaban J connectivity index is 2.45. The fraction of sp³-hybridized carbons (Fsp3) is 0.786. The Bertz CT molecular complexity index is 308. The minimum Gasteiger partial charge on any atom is -0.309 e. The fourth-order valence-electron chi connectivity index (χ4n) is 2.13. The van der Waals surface area contributed by atoms with Gasteiger partial charge < -0.3 is 5.32 Å². The van der Waals surface area contributed by atoms with Gasteiger partial charge in [-0.3, -0.25) is 0 Å². The molecule has 2 nitrogen and oxygen atoms in total. The smallest absolute Gasteiger partial charge is 0.0798 e. The Labute approximate surface area is 110 Å². The maximum Gasteiger partial charge on any atom is 0.0798 e. The Kier molecular flexibility index (Phi) is 6.14. The van der Waals surface area contributed by atoms with Gasteiger partial charge in [0.05, 0.1) is 11.2 Å². The largest absolute Gasteiger partial charge is 0.309 e. The highest BCUT2D eigenvalue weighted by atomic mass is 32.1. The van der Waals surface area contributed by atoms with E-state index in [9.17, 15) is 0 Å². The lowest BCUT2D eigenvalue weighted by molar-refractivity contribution is 0.359. The molecular weight excluding hydrogens is 228 g/mol. The first-order valence-corrected chi connectivity index (χ1v) is 7.49. The first kappa shape index (κ1) is 14.7. The number of nitrogens with one attached hydrogen (secondary N) is 1. The normalized spacial score (nSPS) is 12.0. The molecule has 1 heterocycles. The minimum absolute atomic E-state index is 0.636. The van der Waals surface area contributed by atoms with Crippen molar-refractivity contribution in [1.82, 2.24) is 10.3 Å². The van der Waals surface area contributed by atoms with Gasteiger partial charge in [-0.15, -0.1) is 11.3 Å². The molecule has 1 aromatic rings. The summed E-state index contributed by atoms with van der Waals surface area (Å²) in [6.45, 7) is 12.3. The molecule has 1 N–H and O–H groups in total. The lowest BCUT2D eigenvalue weighted by Crippen LogP contribution is -2.31. The van der Waals surface area contributed by atoms with Gasteiger partial charge in [-0.1, -0.05) is 27.7 Å². The zero-order chi connectivity index (χ0) is 12.8. The summed E-state index contributed by atoms with van der Waals surface area (Å²) in [5, 5.41) is 3.70. The summed E-state index contributed by atoms with van der Waals surface area (Å²) in [6.07, 6.45) is 2.52. The molecule has 0 aliphatic rings. The molecule has 3 heteroatoms. The molecule has 0 radical (unpaired) electrons. The predicted molar refractivity (Wildman–Crippen MR) is 76.4 cm³/mol. The van der Waals surface area contributed by atoms with Crippen LogP contribution in [0.4, 0.5) is 0 Å². The van der Waals surface area contributed by atoms with E-state index >= 15 is 0 Å². The quantitative estimate of drug-likeness (QED) is 0.795. The monoisotopic (exact) mass is 254 g/mol. The van der Waals surface area contributed by atoms with Gasteiger partial charge in [-0.25, -0.2) is 4.98 Å². The second-order valence-corrected chi connectivity index (χ2v) is 6.64.